The summed E-state index contributed by atoms with van der Waals surface area (Å²) >= 11 is 2.22. The number of likely N-dealkylation sites (tertiary alicyclic amines) is 1. The van der Waals surface area contributed by atoms with Crippen molar-refractivity contribution in [3.05, 3.63) is 68.8 Å². The Morgan fingerprint density at radius 2 is 1.66 bits per heavy atom. The van der Waals surface area contributed by atoms with E-state index in [-0.39, 0.29) is 23.3 Å². The van der Waals surface area contributed by atoms with Gasteiger partial charge in [-0.1, -0.05) is 12.1 Å². The second kappa shape index (κ2) is 9.06. The van der Waals surface area contributed by atoms with E-state index in [0.717, 1.165) is 27.3 Å². The van der Waals surface area contributed by atoms with E-state index in [1.807, 2.05) is 24.3 Å². The number of rotatable bonds is 5. The maximum Gasteiger partial charge on any atom is 0.407 e. The van der Waals surface area contributed by atoms with Gasteiger partial charge in [-0.05, 0) is 70.8 Å². The zero-order valence-corrected chi connectivity index (χ0v) is 17.8. The third-order valence-corrected chi connectivity index (χ3v) is 6.08. The van der Waals surface area contributed by atoms with Crippen molar-refractivity contribution in [2.75, 3.05) is 19.6 Å². The Labute approximate surface area is 181 Å². The second-order valence-electron chi connectivity index (χ2n) is 7.29. The Morgan fingerprint density at radius 1 is 1.07 bits per heavy atom. The van der Waals surface area contributed by atoms with Crippen LogP contribution in [0.1, 0.15) is 24.0 Å². The lowest BCUT2D eigenvalue weighted by Crippen LogP contribution is -2.50. The van der Waals surface area contributed by atoms with E-state index in [9.17, 15) is 23.5 Å². The molecule has 5 nitrogen and oxygen atoms in total. The Balaban J connectivity index is 1.72. The minimum Gasteiger partial charge on any atom is -0.465 e. The third-order valence-electron chi connectivity index (χ3n) is 5.36. The molecule has 29 heavy (non-hydrogen) atoms. The van der Waals surface area contributed by atoms with Crippen LogP contribution in [-0.4, -0.2) is 41.6 Å². The van der Waals surface area contributed by atoms with Gasteiger partial charge in [-0.25, -0.2) is 13.6 Å². The number of hydrogen-bond donors (Lipinski definition) is 2. The van der Waals surface area contributed by atoms with Gasteiger partial charge in [-0.3, -0.25) is 4.79 Å². The Kier molecular flexibility index (Phi) is 6.71. The lowest BCUT2D eigenvalue weighted by atomic mass is 9.72. The van der Waals surface area contributed by atoms with Crippen LogP contribution < -0.4 is 5.32 Å². The van der Waals surface area contributed by atoms with Crippen LogP contribution in [0.2, 0.25) is 0 Å². The van der Waals surface area contributed by atoms with Crippen LogP contribution in [0.4, 0.5) is 13.6 Å². The van der Waals surface area contributed by atoms with Gasteiger partial charge < -0.3 is 15.3 Å². The fraction of sp³-hybridized carbons (Fsp3) is 0.333. The average Bonchev–Trinajstić information content (AvgIpc) is 2.66. The lowest BCUT2D eigenvalue weighted by Gasteiger charge is -2.41. The third kappa shape index (κ3) is 5.43. The van der Waals surface area contributed by atoms with Crippen molar-refractivity contribution >= 4 is 34.6 Å². The molecule has 2 N–H and O–H groups in total. The minimum absolute atomic E-state index is 0.126. The van der Waals surface area contributed by atoms with E-state index in [1.54, 1.807) is 0 Å². The number of carbonyl (C=O) groups excluding carboxylic acids is 1. The van der Waals surface area contributed by atoms with E-state index in [4.69, 9.17) is 0 Å². The predicted octanol–water partition coefficient (Wildman–Crippen LogP) is 3.94. The quantitative estimate of drug-likeness (QED) is 0.595. The monoisotopic (exact) mass is 514 g/mol. The van der Waals surface area contributed by atoms with Gasteiger partial charge in [0.25, 0.3) is 0 Å². The molecule has 1 fully saturated rings. The molecule has 1 aliphatic rings. The largest absolute Gasteiger partial charge is 0.465 e. The number of carboxylic acid groups (broad SMARTS) is 1. The predicted molar refractivity (Wildman–Crippen MR) is 113 cm³/mol. The van der Waals surface area contributed by atoms with E-state index < -0.39 is 17.7 Å². The molecule has 8 heteroatoms. The molecule has 0 aromatic heterocycles. The number of benzene rings is 2. The molecule has 1 heterocycles. The standard InChI is InChI=1S/C21H21F2IN2O3/c22-16-9-14(10-17(23)12-16)11-19(27)25-13-21(15-1-3-18(24)4-2-15)5-7-26(8-6-21)20(28)29/h1-4,9-10,12H,5-8,11,13H2,(H,25,27)(H,28,29). The molecule has 3 rings (SSSR count). The fourth-order valence-corrected chi connectivity index (χ4v) is 4.09. The van der Waals surface area contributed by atoms with Crippen molar-refractivity contribution < 1.29 is 23.5 Å². The van der Waals surface area contributed by atoms with Crippen LogP contribution in [0.15, 0.2) is 42.5 Å². The normalized spacial score (nSPS) is 15.8. The van der Waals surface area contributed by atoms with Crippen molar-refractivity contribution in [1.82, 2.24) is 10.2 Å². The maximum absolute atomic E-state index is 13.3. The molecule has 0 radical (unpaired) electrons. The Bertz CT molecular complexity index is 877. The molecule has 154 valence electrons. The van der Waals surface area contributed by atoms with E-state index in [2.05, 4.69) is 27.9 Å². The maximum atomic E-state index is 13.3. The van der Waals surface area contributed by atoms with Gasteiger partial charge in [-0.15, -0.1) is 0 Å². The molecular weight excluding hydrogens is 493 g/mol. The first-order chi connectivity index (χ1) is 13.8. The number of hydrogen-bond acceptors (Lipinski definition) is 2. The zero-order chi connectivity index (χ0) is 21.0. The summed E-state index contributed by atoms with van der Waals surface area (Å²) < 4.78 is 27.8. The lowest BCUT2D eigenvalue weighted by molar-refractivity contribution is -0.120. The number of nitrogens with one attached hydrogen (secondary N) is 1. The zero-order valence-electron chi connectivity index (χ0n) is 15.6. The number of nitrogens with zero attached hydrogens (tertiary/aromatic N) is 1. The van der Waals surface area contributed by atoms with Crippen molar-refractivity contribution in [3.8, 4) is 0 Å². The average molecular weight is 514 g/mol. The van der Waals surface area contributed by atoms with Gasteiger partial charge >= 0.3 is 6.09 Å². The van der Waals surface area contributed by atoms with Crippen molar-refractivity contribution in [2.45, 2.75) is 24.7 Å². The van der Waals surface area contributed by atoms with Crippen LogP contribution in [0.5, 0.6) is 0 Å². The molecule has 0 aliphatic carbocycles. The first kappa shape index (κ1) is 21.5. The summed E-state index contributed by atoms with van der Waals surface area (Å²) in [7, 11) is 0. The molecule has 0 atom stereocenters. The van der Waals surface area contributed by atoms with Gasteiger partial charge in [0, 0.05) is 34.7 Å². The topological polar surface area (TPSA) is 69.6 Å². The highest BCUT2D eigenvalue weighted by atomic mass is 127. The SMILES string of the molecule is O=C(Cc1cc(F)cc(F)c1)NCC1(c2ccc(I)cc2)CCN(C(=O)O)CC1. The number of carbonyl (C=O) groups is 2. The summed E-state index contributed by atoms with van der Waals surface area (Å²) in [6, 6.07) is 11.0. The van der Waals surface area contributed by atoms with Crippen LogP contribution in [0.25, 0.3) is 0 Å². The summed E-state index contributed by atoms with van der Waals surface area (Å²) in [4.78, 5) is 25.1. The van der Waals surface area contributed by atoms with Crippen molar-refractivity contribution in [3.63, 3.8) is 0 Å². The molecular formula is C21H21F2IN2O3. The van der Waals surface area contributed by atoms with Gasteiger partial charge in [0.1, 0.15) is 11.6 Å². The van der Waals surface area contributed by atoms with Gasteiger partial charge in [0.05, 0.1) is 6.42 Å². The van der Waals surface area contributed by atoms with Crippen molar-refractivity contribution in [1.29, 1.82) is 0 Å². The second-order valence-corrected chi connectivity index (χ2v) is 8.53. The molecule has 2 amide bonds. The van der Waals surface area contributed by atoms with Crippen molar-refractivity contribution in [2.24, 2.45) is 0 Å². The molecule has 1 aliphatic heterocycles. The van der Waals surface area contributed by atoms with Crippen LogP contribution >= 0.6 is 22.6 Å². The molecule has 0 unspecified atom stereocenters. The first-order valence-electron chi connectivity index (χ1n) is 9.23. The molecule has 0 saturated carbocycles. The smallest absolute Gasteiger partial charge is 0.407 e. The van der Waals surface area contributed by atoms with Gasteiger partial charge in [0.15, 0.2) is 0 Å². The number of amides is 2. The molecule has 1 saturated heterocycles. The molecule has 2 aromatic rings. The molecule has 2 aromatic carbocycles. The summed E-state index contributed by atoms with van der Waals surface area (Å²) in [5, 5.41) is 12.1. The fourth-order valence-electron chi connectivity index (χ4n) is 3.73. The summed E-state index contributed by atoms with van der Waals surface area (Å²) in [5.74, 6) is -1.77. The number of halogens is 3. The highest BCUT2D eigenvalue weighted by Crippen LogP contribution is 2.35. The van der Waals surface area contributed by atoms with Crippen LogP contribution in [0.3, 0.4) is 0 Å². The Morgan fingerprint density at radius 3 is 2.21 bits per heavy atom. The minimum atomic E-state index is -0.946. The first-order valence-corrected chi connectivity index (χ1v) is 10.3. The molecule has 0 spiro atoms. The van der Waals surface area contributed by atoms with Crippen LogP contribution in [-0.2, 0) is 16.6 Å². The summed E-state index contributed by atoms with van der Waals surface area (Å²) in [5.41, 5.74) is 0.920. The highest BCUT2D eigenvalue weighted by Gasteiger charge is 2.37. The van der Waals surface area contributed by atoms with E-state index >= 15 is 0 Å². The summed E-state index contributed by atoms with van der Waals surface area (Å²) in [6.07, 6.45) is 0.0840. The van der Waals surface area contributed by atoms with E-state index in [0.29, 0.717) is 32.5 Å². The molecule has 0 bridgehead atoms. The number of piperidine rings is 1. The summed E-state index contributed by atoms with van der Waals surface area (Å²) in [6.45, 7) is 1.09. The highest BCUT2D eigenvalue weighted by molar-refractivity contribution is 14.1. The Hall–Kier alpha value is -2.23. The van der Waals surface area contributed by atoms with Gasteiger partial charge in [0.2, 0.25) is 5.91 Å². The van der Waals surface area contributed by atoms with Gasteiger partial charge in [-0.2, -0.15) is 0 Å². The van der Waals surface area contributed by atoms with E-state index in [1.165, 1.54) is 4.90 Å². The van der Waals surface area contributed by atoms with Crippen LogP contribution in [0, 0.1) is 15.2 Å².